The Kier molecular flexibility index (Phi) is 12.9. The number of methoxy groups -OCH3 is 3. The summed E-state index contributed by atoms with van der Waals surface area (Å²) in [5.41, 5.74) is 0.864. The molecule has 0 aliphatic carbocycles. The number of rotatable bonds is 16. The summed E-state index contributed by atoms with van der Waals surface area (Å²) in [7, 11) is -0.412. The van der Waals surface area contributed by atoms with Gasteiger partial charge in [0, 0.05) is 36.2 Å². The predicted octanol–water partition coefficient (Wildman–Crippen LogP) is 5.87. The van der Waals surface area contributed by atoms with Gasteiger partial charge in [-0.1, -0.05) is 67.1 Å². The van der Waals surface area contributed by atoms with Crippen LogP contribution >= 0.6 is 11.6 Å². The lowest BCUT2D eigenvalue weighted by atomic mass is 10.0. The fraction of sp³-hybridized carbons (Fsp3) is 0.278. The van der Waals surface area contributed by atoms with Crippen LogP contribution in [-0.4, -0.2) is 65.6 Å². The highest BCUT2D eigenvalue weighted by Gasteiger charge is 2.36. The van der Waals surface area contributed by atoms with Crippen LogP contribution < -0.4 is 23.8 Å². The van der Waals surface area contributed by atoms with Crippen molar-refractivity contribution in [1.82, 2.24) is 10.2 Å². The molecule has 260 valence electrons. The van der Waals surface area contributed by atoms with Gasteiger partial charge in [-0.05, 0) is 48.4 Å². The lowest BCUT2D eigenvalue weighted by molar-refractivity contribution is -0.140. The maximum absolute atomic E-state index is 15.1. The number of hydrogen-bond acceptors (Lipinski definition) is 7. The smallest absolute Gasteiger partial charge is 0.265 e. The number of carbonyl (C=O) groups excluding carboxylic acids is 2. The maximum Gasteiger partial charge on any atom is 0.265 e. The van der Waals surface area contributed by atoms with E-state index in [1.54, 1.807) is 6.07 Å². The van der Waals surface area contributed by atoms with Gasteiger partial charge in [-0.25, -0.2) is 12.8 Å². The summed E-state index contributed by atoms with van der Waals surface area (Å²) in [4.78, 5) is 29.4. The van der Waals surface area contributed by atoms with Crippen LogP contribution in [0.1, 0.15) is 24.5 Å². The highest BCUT2D eigenvalue weighted by atomic mass is 35.5. The van der Waals surface area contributed by atoms with Crippen molar-refractivity contribution >= 4 is 39.1 Å². The molecule has 0 saturated heterocycles. The van der Waals surface area contributed by atoms with Gasteiger partial charge in [0.25, 0.3) is 10.0 Å². The summed E-state index contributed by atoms with van der Waals surface area (Å²) in [6, 6.07) is 22.2. The number of hydrogen-bond donors (Lipinski definition) is 1. The molecule has 2 amide bonds. The van der Waals surface area contributed by atoms with Crippen LogP contribution in [0.25, 0.3) is 0 Å². The third kappa shape index (κ3) is 9.01. The van der Waals surface area contributed by atoms with E-state index in [1.807, 2.05) is 37.3 Å². The largest absolute Gasteiger partial charge is 0.495 e. The van der Waals surface area contributed by atoms with Gasteiger partial charge < -0.3 is 24.4 Å². The molecule has 1 atom stereocenters. The van der Waals surface area contributed by atoms with E-state index in [1.165, 1.54) is 80.8 Å². The van der Waals surface area contributed by atoms with Gasteiger partial charge in [0.2, 0.25) is 11.8 Å². The summed E-state index contributed by atoms with van der Waals surface area (Å²) in [5, 5.41) is 3.04. The standard InChI is InChI=1S/C36H39ClFN3O7S/c1-5-19-39-36(43)31(20-25-11-7-6-8-12-25)40(23-26-13-9-10-14-29(26)38)35(42)24-41(30-21-27(37)15-17-32(30)46-2)49(44,45)28-16-18-33(47-3)34(22-28)48-4/h6-18,21-22,31H,5,19-20,23-24H2,1-4H3,(H,39,43). The zero-order chi connectivity index (χ0) is 35.6. The third-order valence-corrected chi connectivity index (χ3v) is 9.74. The fourth-order valence-electron chi connectivity index (χ4n) is 5.21. The molecule has 0 bridgehead atoms. The molecule has 0 spiro atoms. The Morgan fingerprint density at radius 2 is 1.51 bits per heavy atom. The molecule has 13 heteroatoms. The molecule has 0 saturated carbocycles. The second-order valence-corrected chi connectivity index (χ2v) is 13.3. The van der Waals surface area contributed by atoms with Crippen molar-refractivity contribution in [2.45, 2.75) is 37.2 Å². The molecule has 4 rings (SSSR count). The second kappa shape index (κ2) is 17.0. The molecule has 0 aliphatic heterocycles. The number of nitrogens with one attached hydrogen (secondary N) is 1. The van der Waals surface area contributed by atoms with Crippen molar-refractivity contribution < 1.29 is 36.6 Å². The quantitative estimate of drug-likeness (QED) is 0.155. The van der Waals surface area contributed by atoms with Gasteiger partial charge in [0.15, 0.2) is 11.5 Å². The van der Waals surface area contributed by atoms with Crippen LogP contribution in [0.15, 0.2) is 95.9 Å². The Morgan fingerprint density at radius 3 is 2.16 bits per heavy atom. The first-order chi connectivity index (χ1) is 23.5. The van der Waals surface area contributed by atoms with E-state index < -0.39 is 40.2 Å². The van der Waals surface area contributed by atoms with Gasteiger partial charge >= 0.3 is 0 Å². The average molecular weight is 712 g/mol. The molecule has 10 nitrogen and oxygen atoms in total. The van der Waals surface area contributed by atoms with E-state index >= 15 is 4.39 Å². The second-order valence-electron chi connectivity index (χ2n) is 11.0. The minimum absolute atomic E-state index is 0.0287. The molecule has 4 aromatic rings. The molecule has 1 unspecified atom stereocenters. The lowest BCUT2D eigenvalue weighted by Gasteiger charge is -2.34. The number of benzene rings is 4. The summed E-state index contributed by atoms with van der Waals surface area (Å²) < 4.78 is 61.2. The molecular formula is C36H39ClFN3O7S. The van der Waals surface area contributed by atoms with Crippen molar-refractivity contribution in [3.8, 4) is 17.2 Å². The highest BCUT2D eigenvalue weighted by Crippen LogP contribution is 2.37. The first-order valence-electron chi connectivity index (χ1n) is 15.5. The summed E-state index contributed by atoms with van der Waals surface area (Å²) in [6.45, 7) is 1.11. The first-order valence-corrected chi connectivity index (χ1v) is 17.3. The van der Waals surface area contributed by atoms with Crippen LogP contribution in [0, 0.1) is 5.82 Å². The number of nitrogens with zero attached hydrogens (tertiary/aromatic N) is 2. The predicted molar refractivity (Wildman–Crippen MR) is 186 cm³/mol. The van der Waals surface area contributed by atoms with Crippen LogP contribution in [0.4, 0.5) is 10.1 Å². The van der Waals surface area contributed by atoms with Crippen molar-refractivity contribution in [2.75, 3.05) is 38.7 Å². The Morgan fingerprint density at radius 1 is 0.857 bits per heavy atom. The molecule has 4 aromatic carbocycles. The minimum Gasteiger partial charge on any atom is -0.495 e. The highest BCUT2D eigenvalue weighted by molar-refractivity contribution is 7.92. The number of ether oxygens (including phenoxy) is 3. The van der Waals surface area contributed by atoms with E-state index in [4.69, 9.17) is 25.8 Å². The number of carbonyl (C=O) groups is 2. The van der Waals surface area contributed by atoms with Crippen molar-refractivity contribution in [1.29, 1.82) is 0 Å². The van der Waals surface area contributed by atoms with E-state index in [-0.39, 0.29) is 45.6 Å². The molecule has 1 N–H and O–H groups in total. The number of halogens is 2. The maximum atomic E-state index is 15.1. The van der Waals surface area contributed by atoms with E-state index in [2.05, 4.69) is 5.32 Å². The normalized spacial score (nSPS) is 11.7. The van der Waals surface area contributed by atoms with Crippen molar-refractivity contribution in [3.63, 3.8) is 0 Å². The van der Waals surface area contributed by atoms with E-state index in [9.17, 15) is 18.0 Å². The molecule has 0 heterocycles. The monoisotopic (exact) mass is 711 g/mol. The van der Waals surface area contributed by atoms with Gasteiger partial charge in [-0.2, -0.15) is 0 Å². The molecule has 49 heavy (non-hydrogen) atoms. The average Bonchev–Trinajstić information content (AvgIpc) is 3.11. The van der Waals surface area contributed by atoms with Crippen LogP contribution in [-0.2, 0) is 32.6 Å². The summed E-state index contributed by atoms with van der Waals surface area (Å²) in [5.74, 6) is -1.28. The zero-order valence-corrected chi connectivity index (χ0v) is 29.3. The van der Waals surface area contributed by atoms with Crippen LogP contribution in [0.5, 0.6) is 17.2 Å². The third-order valence-electron chi connectivity index (χ3n) is 7.75. The Balaban J connectivity index is 1.88. The van der Waals surface area contributed by atoms with Crippen LogP contribution in [0.2, 0.25) is 5.02 Å². The lowest BCUT2D eigenvalue weighted by Crippen LogP contribution is -2.53. The Bertz CT molecular complexity index is 1860. The van der Waals surface area contributed by atoms with E-state index in [0.717, 1.165) is 9.87 Å². The molecule has 0 radical (unpaired) electrons. The van der Waals surface area contributed by atoms with Crippen molar-refractivity contribution in [2.24, 2.45) is 0 Å². The summed E-state index contributed by atoms with van der Waals surface area (Å²) in [6.07, 6.45) is 0.719. The number of anilines is 1. The van der Waals surface area contributed by atoms with Gasteiger partial charge in [-0.3, -0.25) is 13.9 Å². The molecule has 0 aromatic heterocycles. The first kappa shape index (κ1) is 37.0. The summed E-state index contributed by atoms with van der Waals surface area (Å²) >= 11 is 6.35. The fourth-order valence-corrected chi connectivity index (χ4v) is 6.80. The van der Waals surface area contributed by atoms with Crippen LogP contribution in [0.3, 0.4) is 0 Å². The van der Waals surface area contributed by atoms with E-state index in [0.29, 0.717) is 18.7 Å². The van der Waals surface area contributed by atoms with Crippen molar-refractivity contribution in [3.05, 3.63) is 113 Å². The Labute approximate surface area is 291 Å². The zero-order valence-electron chi connectivity index (χ0n) is 27.7. The SMILES string of the molecule is CCCNC(=O)C(Cc1ccccc1)N(Cc1ccccc1F)C(=O)CN(c1cc(Cl)ccc1OC)S(=O)(=O)c1ccc(OC)c(OC)c1. The number of amides is 2. The van der Waals surface area contributed by atoms with Gasteiger partial charge in [0.1, 0.15) is 24.2 Å². The topological polar surface area (TPSA) is 114 Å². The Hall–Kier alpha value is -4.81. The molecule has 0 fully saturated rings. The van der Waals surface area contributed by atoms with Gasteiger partial charge in [-0.15, -0.1) is 0 Å². The number of sulfonamides is 1. The minimum atomic E-state index is -4.55. The molecular weight excluding hydrogens is 673 g/mol. The molecule has 0 aliphatic rings. The van der Waals surface area contributed by atoms with Gasteiger partial charge in [0.05, 0.1) is 31.9 Å².